The van der Waals surface area contributed by atoms with Crippen molar-refractivity contribution in [3.63, 3.8) is 0 Å². The maximum atomic E-state index is 5.96. The van der Waals surface area contributed by atoms with E-state index in [0.29, 0.717) is 25.0 Å². The SMILES string of the molecule is C1=CC(C(C2=CC=C(OC3CCO3)CC2)c2ccc(OCC3CO3)cc2)CC=C1OCC1CO1. The van der Waals surface area contributed by atoms with Crippen LogP contribution in [0.1, 0.15) is 37.2 Å². The largest absolute Gasteiger partial charge is 0.491 e. The van der Waals surface area contributed by atoms with E-state index in [1.54, 1.807) is 0 Å². The summed E-state index contributed by atoms with van der Waals surface area (Å²) in [6.45, 7) is 3.68. The maximum Gasteiger partial charge on any atom is 0.201 e. The van der Waals surface area contributed by atoms with Crippen LogP contribution in [0.4, 0.5) is 0 Å². The lowest BCUT2D eigenvalue weighted by Crippen LogP contribution is -2.29. The van der Waals surface area contributed by atoms with E-state index in [9.17, 15) is 0 Å². The molecule has 34 heavy (non-hydrogen) atoms. The molecule has 6 rings (SSSR count). The van der Waals surface area contributed by atoms with Gasteiger partial charge in [0.25, 0.3) is 0 Å². The summed E-state index contributed by atoms with van der Waals surface area (Å²) in [5.41, 5.74) is 2.74. The average Bonchev–Trinajstić information content (AvgIpc) is 3.77. The number of ether oxygens (including phenoxy) is 6. The quantitative estimate of drug-likeness (QED) is 0.439. The second kappa shape index (κ2) is 9.98. The van der Waals surface area contributed by atoms with Gasteiger partial charge in [0, 0.05) is 18.8 Å². The summed E-state index contributed by atoms with van der Waals surface area (Å²) in [5.74, 6) is 3.52. The lowest BCUT2D eigenvalue weighted by molar-refractivity contribution is -0.195. The smallest absolute Gasteiger partial charge is 0.201 e. The van der Waals surface area contributed by atoms with Crippen LogP contribution in [-0.4, -0.2) is 51.5 Å². The third-order valence-corrected chi connectivity index (χ3v) is 6.93. The lowest BCUT2D eigenvalue weighted by atomic mass is 9.75. The molecule has 6 nitrogen and oxygen atoms in total. The molecule has 3 fully saturated rings. The fourth-order valence-electron chi connectivity index (χ4n) is 4.65. The Morgan fingerprint density at radius 2 is 1.68 bits per heavy atom. The minimum absolute atomic E-state index is 0.0588. The summed E-state index contributed by atoms with van der Waals surface area (Å²) in [5, 5.41) is 0. The molecule has 0 saturated carbocycles. The Hall–Kier alpha value is -2.54. The molecule has 180 valence electrons. The van der Waals surface area contributed by atoms with Crippen LogP contribution >= 0.6 is 0 Å². The molecule has 3 saturated heterocycles. The van der Waals surface area contributed by atoms with Crippen LogP contribution in [0, 0.1) is 5.92 Å². The van der Waals surface area contributed by atoms with Crippen molar-refractivity contribution in [2.24, 2.45) is 5.92 Å². The first-order valence-electron chi connectivity index (χ1n) is 12.5. The van der Waals surface area contributed by atoms with Crippen molar-refractivity contribution in [3.05, 3.63) is 77.3 Å². The molecule has 3 heterocycles. The fourth-order valence-corrected chi connectivity index (χ4v) is 4.65. The highest BCUT2D eigenvalue weighted by Crippen LogP contribution is 2.42. The highest BCUT2D eigenvalue weighted by Gasteiger charge is 2.29. The Kier molecular flexibility index (Phi) is 6.45. The Bertz CT molecular complexity index is 979. The molecule has 3 aliphatic heterocycles. The van der Waals surface area contributed by atoms with Crippen molar-refractivity contribution in [2.45, 2.75) is 50.1 Å². The molecular formula is C28H32O6. The standard InChI is InChI=1S/C28H32O6/c1-7-22(30-15-25-17-32-25)8-2-19(1)28(20-3-9-23(10-4-20)31-16-26-18-33-26)21-5-11-24(12-6-21)34-27-13-14-29-27/h1-3,5,7-11,20,25-28H,4,6,12-18H2. The van der Waals surface area contributed by atoms with Crippen molar-refractivity contribution in [3.8, 4) is 5.75 Å². The normalized spacial score (nSPS) is 30.3. The molecule has 0 radical (unpaired) electrons. The van der Waals surface area contributed by atoms with Crippen molar-refractivity contribution in [2.75, 3.05) is 33.0 Å². The molecule has 1 aromatic rings. The van der Waals surface area contributed by atoms with Gasteiger partial charge >= 0.3 is 0 Å². The van der Waals surface area contributed by atoms with Gasteiger partial charge < -0.3 is 28.4 Å². The highest BCUT2D eigenvalue weighted by atomic mass is 16.7. The molecule has 1 aromatic carbocycles. The first-order chi connectivity index (χ1) is 16.8. The van der Waals surface area contributed by atoms with Crippen LogP contribution in [0.25, 0.3) is 0 Å². The first-order valence-corrected chi connectivity index (χ1v) is 12.5. The van der Waals surface area contributed by atoms with Crippen molar-refractivity contribution in [1.29, 1.82) is 0 Å². The first kappa shape index (κ1) is 22.0. The summed E-state index contributed by atoms with van der Waals surface area (Å²) in [4.78, 5) is 0. The van der Waals surface area contributed by atoms with Gasteiger partial charge in [-0.25, -0.2) is 0 Å². The van der Waals surface area contributed by atoms with Crippen molar-refractivity contribution < 1.29 is 28.4 Å². The van der Waals surface area contributed by atoms with E-state index < -0.39 is 0 Å². The number of hydrogen-bond donors (Lipinski definition) is 0. The fraction of sp³-hybridized carbons (Fsp3) is 0.500. The second-order valence-corrected chi connectivity index (χ2v) is 9.53. The topological polar surface area (TPSA) is 62.0 Å². The number of hydrogen-bond acceptors (Lipinski definition) is 6. The van der Waals surface area contributed by atoms with Gasteiger partial charge in [-0.2, -0.15) is 0 Å². The molecule has 5 atom stereocenters. The summed E-state index contributed by atoms with van der Waals surface area (Å²) in [6, 6.07) is 8.58. The lowest BCUT2D eigenvalue weighted by Gasteiger charge is -2.32. The van der Waals surface area contributed by atoms with Crippen LogP contribution in [0.3, 0.4) is 0 Å². The predicted molar refractivity (Wildman–Crippen MR) is 126 cm³/mol. The second-order valence-electron chi connectivity index (χ2n) is 9.53. The highest BCUT2D eigenvalue weighted by molar-refractivity contribution is 5.39. The molecule has 0 N–H and O–H groups in total. The molecule has 0 amide bonds. The van der Waals surface area contributed by atoms with Gasteiger partial charge in [0.2, 0.25) is 6.29 Å². The van der Waals surface area contributed by atoms with E-state index in [2.05, 4.69) is 54.6 Å². The summed E-state index contributed by atoms with van der Waals surface area (Å²) in [7, 11) is 0. The van der Waals surface area contributed by atoms with Crippen LogP contribution in [0.5, 0.6) is 5.75 Å². The van der Waals surface area contributed by atoms with Crippen LogP contribution in [0.2, 0.25) is 0 Å². The molecule has 6 heteroatoms. The van der Waals surface area contributed by atoms with Crippen molar-refractivity contribution in [1.82, 2.24) is 0 Å². The van der Waals surface area contributed by atoms with E-state index in [1.165, 1.54) is 11.1 Å². The van der Waals surface area contributed by atoms with Crippen molar-refractivity contribution >= 4 is 0 Å². The number of benzene rings is 1. The minimum Gasteiger partial charge on any atom is -0.491 e. The average molecular weight is 465 g/mol. The van der Waals surface area contributed by atoms with Gasteiger partial charge in [-0.15, -0.1) is 0 Å². The van der Waals surface area contributed by atoms with Gasteiger partial charge in [-0.3, -0.25) is 0 Å². The predicted octanol–water partition coefficient (Wildman–Crippen LogP) is 4.79. The van der Waals surface area contributed by atoms with Crippen LogP contribution in [0.15, 0.2) is 71.7 Å². The van der Waals surface area contributed by atoms with Gasteiger partial charge in [0.1, 0.15) is 36.9 Å². The minimum atomic E-state index is -0.0588. The van der Waals surface area contributed by atoms with E-state index in [0.717, 1.165) is 62.8 Å². The molecule has 5 unspecified atom stereocenters. The zero-order valence-corrected chi connectivity index (χ0v) is 19.4. The molecule has 0 aromatic heterocycles. The van der Waals surface area contributed by atoms with Gasteiger partial charge in [-0.1, -0.05) is 29.9 Å². The molecule has 5 aliphatic rings. The molecule has 2 aliphatic carbocycles. The maximum absolute atomic E-state index is 5.96. The Morgan fingerprint density at radius 1 is 0.912 bits per heavy atom. The number of allylic oxidation sites excluding steroid dienone is 7. The Balaban J connectivity index is 1.17. The van der Waals surface area contributed by atoms with Crippen LogP contribution < -0.4 is 4.74 Å². The van der Waals surface area contributed by atoms with E-state index in [1.807, 2.05) is 0 Å². The summed E-state index contributed by atoms with van der Waals surface area (Å²) in [6.07, 6.45) is 15.3. The van der Waals surface area contributed by atoms with E-state index in [-0.39, 0.29) is 18.5 Å². The summed E-state index contributed by atoms with van der Waals surface area (Å²) < 4.78 is 33.6. The van der Waals surface area contributed by atoms with Crippen LogP contribution in [-0.2, 0) is 23.7 Å². The Labute approximate surface area is 200 Å². The monoisotopic (exact) mass is 464 g/mol. The molecule has 0 bridgehead atoms. The summed E-state index contributed by atoms with van der Waals surface area (Å²) >= 11 is 0. The third-order valence-electron chi connectivity index (χ3n) is 6.93. The van der Waals surface area contributed by atoms with Gasteiger partial charge in [-0.05, 0) is 54.7 Å². The van der Waals surface area contributed by atoms with Gasteiger partial charge in [0.15, 0.2) is 0 Å². The molecular weight excluding hydrogens is 432 g/mol. The zero-order valence-electron chi connectivity index (χ0n) is 19.4. The molecule has 0 spiro atoms. The van der Waals surface area contributed by atoms with E-state index >= 15 is 0 Å². The third kappa shape index (κ3) is 5.57. The number of epoxide rings is 2. The number of rotatable bonds is 11. The van der Waals surface area contributed by atoms with E-state index in [4.69, 9.17) is 28.4 Å². The van der Waals surface area contributed by atoms with Gasteiger partial charge in [0.05, 0.1) is 25.6 Å². The zero-order chi connectivity index (χ0) is 22.7. The Morgan fingerprint density at radius 3 is 2.26 bits per heavy atom.